The summed E-state index contributed by atoms with van der Waals surface area (Å²) < 4.78 is 0. The summed E-state index contributed by atoms with van der Waals surface area (Å²) in [5, 5.41) is 13.4. The summed E-state index contributed by atoms with van der Waals surface area (Å²) in [4.78, 5) is 1.28. The molecule has 0 fully saturated rings. The lowest BCUT2D eigenvalue weighted by molar-refractivity contribution is 0.0945. The van der Waals surface area contributed by atoms with Gasteiger partial charge in [-0.3, -0.25) is 0 Å². The van der Waals surface area contributed by atoms with E-state index in [9.17, 15) is 5.11 Å². The van der Waals surface area contributed by atoms with E-state index in [-0.39, 0.29) is 0 Å². The van der Waals surface area contributed by atoms with Crippen molar-refractivity contribution in [3.63, 3.8) is 0 Å². The number of rotatable bonds is 5. The molecule has 2 N–H and O–H groups in total. The van der Waals surface area contributed by atoms with E-state index in [1.54, 1.807) is 13.8 Å². The summed E-state index contributed by atoms with van der Waals surface area (Å²) in [5.74, 6) is 0. The first-order valence-electron chi connectivity index (χ1n) is 5.60. The Balaban J connectivity index is 2.51. The SMILES string of the molecule is CC(C)Sc1ccc(NCC(C)(C)O)cc1. The zero-order valence-corrected chi connectivity index (χ0v) is 11.3. The van der Waals surface area contributed by atoms with Crippen molar-refractivity contribution in [2.45, 2.75) is 43.4 Å². The molecule has 0 aromatic heterocycles. The van der Waals surface area contributed by atoms with Crippen LogP contribution in [0, 0.1) is 0 Å². The molecule has 0 aliphatic rings. The van der Waals surface area contributed by atoms with Crippen molar-refractivity contribution in [2.24, 2.45) is 0 Å². The van der Waals surface area contributed by atoms with Gasteiger partial charge in [0.1, 0.15) is 0 Å². The van der Waals surface area contributed by atoms with E-state index in [0.717, 1.165) is 5.69 Å². The molecule has 16 heavy (non-hydrogen) atoms. The largest absolute Gasteiger partial charge is 0.389 e. The van der Waals surface area contributed by atoms with Gasteiger partial charge in [0.25, 0.3) is 0 Å². The van der Waals surface area contributed by atoms with Gasteiger partial charge < -0.3 is 10.4 Å². The van der Waals surface area contributed by atoms with Crippen LogP contribution in [0.1, 0.15) is 27.7 Å². The molecule has 1 aromatic carbocycles. The Hall–Kier alpha value is -0.670. The number of nitrogens with one attached hydrogen (secondary N) is 1. The summed E-state index contributed by atoms with van der Waals surface area (Å²) in [7, 11) is 0. The molecule has 0 bridgehead atoms. The maximum absolute atomic E-state index is 9.59. The van der Waals surface area contributed by atoms with Crippen LogP contribution in [0.15, 0.2) is 29.2 Å². The van der Waals surface area contributed by atoms with Crippen molar-refractivity contribution in [1.82, 2.24) is 0 Å². The van der Waals surface area contributed by atoms with Crippen LogP contribution in [0.25, 0.3) is 0 Å². The minimum atomic E-state index is -0.675. The Labute approximate surface area is 102 Å². The average Bonchev–Trinajstić information content (AvgIpc) is 2.14. The van der Waals surface area contributed by atoms with Crippen LogP contribution in [-0.4, -0.2) is 22.5 Å². The third kappa shape index (κ3) is 5.42. The van der Waals surface area contributed by atoms with Gasteiger partial charge in [-0.2, -0.15) is 0 Å². The lowest BCUT2D eigenvalue weighted by atomic mass is 10.1. The molecule has 90 valence electrons. The van der Waals surface area contributed by atoms with E-state index in [0.29, 0.717) is 11.8 Å². The third-order valence-corrected chi connectivity index (χ3v) is 2.97. The molecule has 0 saturated carbocycles. The van der Waals surface area contributed by atoms with E-state index in [2.05, 4.69) is 43.4 Å². The predicted octanol–water partition coefficient (Wildman–Crippen LogP) is 3.37. The number of hydrogen-bond acceptors (Lipinski definition) is 3. The quantitative estimate of drug-likeness (QED) is 0.773. The molecular weight excluding hydrogens is 218 g/mol. The molecule has 0 unspecified atom stereocenters. The standard InChI is InChI=1S/C13H21NOS/c1-10(2)16-12-7-5-11(6-8-12)14-9-13(3,4)15/h5-8,10,14-15H,9H2,1-4H3. The summed E-state index contributed by atoms with van der Waals surface area (Å²) in [5.41, 5.74) is 0.376. The van der Waals surface area contributed by atoms with Gasteiger partial charge in [-0.05, 0) is 38.1 Å². The van der Waals surface area contributed by atoms with Crippen molar-refractivity contribution < 1.29 is 5.11 Å². The van der Waals surface area contributed by atoms with Gasteiger partial charge in [-0.1, -0.05) is 13.8 Å². The maximum Gasteiger partial charge on any atom is 0.0763 e. The zero-order chi connectivity index (χ0) is 12.2. The topological polar surface area (TPSA) is 32.3 Å². The summed E-state index contributed by atoms with van der Waals surface area (Å²) >= 11 is 1.85. The van der Waals surface area contributed by atoms with Crippen molar-refractivity contribution in [1.29, 1.82) is 0 Å². The molecule has 1 aromatic rings. The fraction of sp³-hybridized carbons (Fsp3) is 0.538. The fourth-order valence-electron chi connectivity index (χ4n) is 1.24. The van der Waals surface area contributed by atoms with Crippen LogP contribution >= 0.6 is 11.8 Å². The van der Waals surface area contributed by atoms with E-state index in [1.807, 2.05) is 11.8 Å². The Morgan fingerprint density at radius 3 is 2.25 bits per heavy atom. The Kier molecular flexibility index (Phi) is 4.69. The first-order valence-corrected chi connectivity index (χ1v) is 6.48. The lowest BCUT2D eigenvalue weighted by Crippen LogP contribution is -2.29. The van der Waals surface area contributed by atoms with E-state index in [4.69, 9.17) is 0 Å². The number of thioether (sulfide) groups is 1. The molecule has 0 amide bonds. The van der Waals surface area contributed by atoms with Gasteiger partial charge >= 0.3 is 0 Å². The van der Waals surface area contributed by atoms with E-state index < -0.39 is 5.60 Å². The van der Waals surface area contributed by atoms with Crippen molar-refractivity contribution in [2.75, 3.05) is 11.9 Å². The number of hydrogen-bond donors (Lipinski definition) is 2. The number of aliphatic hydroxyl groups is 1. The van der Waals surface area contributed by atoms with Gasteiger partial charge in [0.05, 0.1) is 5.60 Å². The van der Waals surface area contributed by atoms with Crippen molar-refractivity contribution in [3.8, 4) is 0 Å². The van der Waals surface area contributed by atoms with Gasteiger partial charge in [-0.15, -0.1) is 11.8 Å². The first kappa shape index (κ1) is 13.4. The molecule has 1 rings (SSSR count). The highest BCUT2D eigenvalue weighted by Crippen LogP contribution is 2.24. The molecule has 0 aliphatic carbocycles. The molecule has 0 saturated heterocycles. The summed E-state index contributed by atoms with van der Waals surface area (Å²) in [6.45, 7) is 8.52. The predicted molar refractivity (Wildman–Crippen MR) is 72.2 cm³/mol. The van der Waals surface area contributed by atoms with Gasteiger partial charge in [-0.25, -0.2) is 0 Å². The minimum Gasteiger partial charge on any atom is -0.389 e. The third-order valence-electron chi connectivity index (χ3n) is 1.95. The Bertz CT molecular complexity index is 314. The Morgan fingerprint density at radius 1 is 1.25 bits per heavy atom. The van der Waals surface area contributed by atoms with Crippen LogP contribution in [0.4, 0.5) is 5.69 Å². The highest BCUT2D eigenvalue weighted by Gasteiger charge is 2.11. The van der Waals surface area contributed by atoms with Crippen molar-refractivity contribution >= 4 is 17.4 Å². The van der Waals surface area contributed by atoms with Crippen LogP contribution in [-0.2, 0) is 0 Å². The number of benzene rings is 1. The van der Waals surface area contributed by atoms with Crippen LogP contribution in [0.3, 0.4) is 0 Å². The second kappa shape index (κ2) is 5.60. The maximum atomic E-state index is 9.59. The normalized spacial score (nSPS) is 11.9. The minimum absolute atomic E-state index is 0.559. The monoisotopic (exact) mass is 239 g/mol. The van der Waals surface area contributed by atoms with Crippen LogP contribution in [0.5, 0.6) is 0 Å². The summed E-state index contributed by atoms with van der Waals surface area (Å²) in [6, 6.07) is 8.32. The highest BCUT2D eigenvalue weighted by molar-refractivity contribution is 7.99. The molecule has 0 spiro atoms. The van der Waals surface area contributed by atoms with Gasteiger partial charge in [0.15, 0.2) is 0 Å². The zero-order valence-electron chi connectivity index (χ0n) is 10.4. The molecule has 3 heteroatoms. The summed E-state index contributed by atoms with van der Waals surface area (Å²) in [6.07, 6.45) is 0. The molecule has 2 nitrogen and oxygen atoms in total. The van der Waals surface area contributed by atoms with Gasteiger partial charge in [0, 0.05) is 22.4 Å². The lowest BCUT2D eigenvalue weighted by Gasteiger charge is -2.18. The molecule has 0 aliphatic heterocycles. The average molecular weight is 239 g/mol. The van der Waals surface area contributed by atoms with Crippen molar-refractivity contribution in [3.05, 3.63) is 24.3 Å². The Morgan fingerprint density at radius 2 is 1.81 bits per heavy atom. The second-order valence-electron chi connectivity index (χ2n) is 4.86. The number of anilines is 1. The first-order chi connectivity index (χ1) is 7.37. The van der Waals surface area contributed by atoms with E-state index in [1.165, 1.54) is 4.90 Å². The van der Waals surface area contributed by atoms with Crippen LogP contribution < -0.4 is 5.32 Å². The highest BCUT2D eigenvalue weighted by atomic mass is 32.2. The fourth-order valence-corrected chi connectivity index (χ4v) is 2.08. The molecule has 0 atom stereocenters. The molecule has 0 heterocycles. The second-order valence-corrected chi connectivity index (χ2v) is 6.51. The van der Waals surface area contributed by atoms with E-state index >= 15 is 0 Å². The van der Waals surface area contributed by atoms with Crippen LogP contribution in [0.2, 0.25) is 0 Å². The molecular formula is C13H21NOS. The molecule has 0 radical (unpaired) electrons. The van der Waals surface area contributed by atoms with Gasteiger partial charge in [0.2, 0.25) is 0 Å². The smallest absolute Gasteiger partial charge is 0.0763 e.